The molecule has 0 bridgehead atoms. The van der Waals surface area contributed by atoms with Crippen LogP contribution in [0.5, 0.6) is 0 Å². The molecule has 150 heavy (non-hydrogen) atoms. The van der Waals surface area contributed by atoms with Crippen LogP contribution in [0.2, 0.25) is 0 Å². The molecule has 0 atom stereocenters. The van der Waals surface area contributed by atoms with Crippen LogP contribution in [0.15, 0.2) is 237 Å². The number of carbonyl (C=O) groups excluding carboxylic acids is 5. The zero-order valence-corrected chi connectivity index (χ0v) is 84.7. The second-order valence-corrected chi connectivity index (χ2v) is 35.4. The lowest BCUT2D eigenvalue weighted by atomic mass is 10.1. The van der Waals surface area contributed by atoms with E-state index in [-0.39, 0.29) is 82.5 Å². The standard InChI is InChI=1S/C17H13F3N2O2.2C17H15F3N2.2C12H13ClF2N2O2.C12H14F2N2O3.C10H10N2O2.C7H4F3I/c1-2-21-15-8-7-14(22(23)24)9-12(15)10-16(21)11-3-5-13(6-4-11)17(18,19)20;2*1-2-22-15-8-7-14(21)9-12(15)10-16(22)11-3-5-13(6-4-11)17(18,19)20;2*1-6(2)12(19)17-5-7-3-8(10(13)18)9(11(14)15)16-4-7;1-6(2)11(17)16-5-7-3-8(12(18)19)9(10(13)14)15-4-7;1-2-11-6-5-8-7-9(12(13)14)3-4-10(8)11;8-7(9,10)5-1-3-6(11)4-2-5/h3-10H,2H2,1H3;2*3-10H,2,21H2,1H3;2*3-4,6,11H,5H2,1-2H3,(H,17,19);3-4,6,10H,5H2,1-2H3,(H,16,17)(H,18,19);3-7H,2H2,1H3;1-4H. The minimum atomic E-state index is -4.38. The third-order valence-electron chi connectivity index (χ3n) is 22.1. The fourth-order valence-electron chi connectivity index (χ4n) is 14.4. The lowest BCUT2D eigenvalue weighted by Crippen LogP contribution is -2.27. The third-order valence-corrected chi connectivity index (χ3v) is 23.2. The number of hydrogen-bond donors (Lipinski definition) is 6. The van der Waals surface area contributed by atoms with Gasteiger partial charge in [0.25, 0.3) is 41.1 Å². The highest BCUT2D eigenvalue weighted by Gasteiger charge is 2.35. The second-order valence-electron chi connectivity index (χ2n) is 33.5. The summed E-state index contributed by atoms with van der Waals surface area (Å²) in [7, 11) is 0. The number of pyridine rings is 3. The van der Waals surface area contributed by atoms with Gasteiger partial charge in [-0.3, -0.25) is 59.2 Å². The molecule has 15 rings (SSSR count). The van der Waals surface area contributed by atoms with Crippen molar-refractivity contribution in [2.45, 2.75) is 159 Å². The van der Waals surface area contributed by atoms with Crippen molar-refractivity contribution in [3.63, 3.8) is 0 Å². The number of carbonyl (C=O) groups is 6. The van der Waals surface area contributed by atoms with E-state index in [4.69, 9.17) is 39.8 Å². The quantitative estimate of drug-likeness (QED) is 0.00817. The predicted octanol–water partition coefficient (Wildman–Crippen LogP) is 28.3. The summed E-state index contributed by atoms with van der Waals surface area (Å²) in [4.78, 5) is 98.1. The van der Waals surface area contributed by atoms with Gasteiger partial charge in [0.1, 0.15) is 17.1 Å². The van der Waals surface area contributed by atoms with Gasteiger partial charge in [-0.25, -0.2) is 31.1 Å². The van der Waals surface area contributed by atoms with Gasteiger partial charge >= 0.3 is 30.7 Å². The van der Waals surface area contributed by atoms with Gasteiger partial charge in [-0.05, 0) is 259 Å². The van der Waals surface area contributed by atoms with Crippen LogP contribution in [-0.2, 0) is 84.9 Å². The molecular weight excluding hydrogens is 2160 g/mol. The number of carboxylic acids is 1. The fourth-order valence-corrected chi connectivity index (χ4v) is 15.1. The number of benzene rings is 8. The van der Waals surface area contributed by atoms with Crippen LogP contribution in [0.25, 0.3) is 77.4 Å². The van der Waals surface area contributed by atoms with Gasteiger partial charge in [-0.2, -0.15) is 52.7 Å². The number of amides is 3. The number of nitrogens with zero attached hydrogens (tertiary/aromatic N) is 9. The van der Waals surface area contributed by atoms with Crippen molar-refractivity contribution in [3.05, 3.63) is 334 Å². The first-order valence-electron chi connectivity index (χ1n) is 45.2. The maximum Gasteiger partial charge on any atom is 0.416 e. The smallest absolute Gasteiger partial charge is 0.416 e. The van der Waals surface area contributed by atoms with E-state index in [9.17, 15) is 128 Å². The molecule has 46 heteroatoms. The summed E-state index contributed by atoms with van der Waals surface area (Å²) < 4.78 is 234. The first kappa shape index (κ1) is 120. The van der Waals surface area contributed by atoms with Gasteiger partial charge < -0.3 is 50.8 Å². The summed E-state index contributed by atoms with van der Waals surface area (Å²) in [6.45, 7) is 21.4. The van der Waals surface area contributed by atoms with Crippen molar-refractivity contribution in [3.8, 4) is 33.8 Å². The summed E-state index contributed by atoms with van der Waals surface area (Å²) in [6, 6.07) is 52.2. The molecule has 8 aromatic carbocycles. The van der Waals surface area contributed by atoms with Gasteiger partial charge in [0, 0.05) is 188 Å². The van der Waals surface area contributed by atoms with Gasteiger partial charge in [-0.1, -0.05) is 77.9 Å². The first-order chi connectivity index (χ1) is 70.3. The monoisotopic (exact) mass is 2260 g/mol. The Balaban J connectivity index is 0.000000210. The number of nitrogens with one attached hydrogen (secondary N) is 3. The lowest BCUT2D eigenvalue weighted by molar-refractivity contribution is -0.384. The van der Waals surface area contributed by atoms with Crippen LogP contribution in [0.4, 0.5) is 102 Å². The molecule has 7 heterocycles. The molecule has 0 unspecified atom stereocenters. The number of alkyl halides is 18. The molecule has 0 spiro atoms. The Bertz CT molecular complexity index is 6910. The number of aryl methyl sites for hydroxylation is 4. The highest BCUT2D eigenvalue weighted by atomic mass is 127. The first-order valence-corrected chi connectivity index (χ1v) is 47.1. The number of nitro groups is 2. The maximum absolute atomic E-state index is 12.7. The normalized spacial score (nSPS) is 11.4. The Morgan fingerprint density at radius 3 is 0.920 bits per heavy atom. The SMILES string of the molecule is CC(C)C(=O)NCc1cnc(C(F)F)c(C(=O)Cl)c1.CC(C)C(=O)NCc1cnc(C(F)F)c(C(=O)Cl)c1.CC(C)C(=O)NCc1cnc(C(F)F)c(C(=O)O)c1.CCn1c(-c2ccc(C(F)(F)F)cc2)cc2cc(N)ccc21.CCn1c(-c2ccc(C(F)(F)F)cc2)cc2cc(N)ccc21.CCn1c(-c2ccc(C(F)(F)F)cc2)cc2cc([N+](=O)[O-])ccc21.CCn1ccc2cc([N+](=O)[O-])ccc21.FC(F)(F)c1ccc(I)cc1. The summed E-state index contributed by atoms with van der Waals surface area (Å²) in [5, 5.41) is 39.6. The largest absolute Gasteiger partial charge is 0.478 e. The van der Waals surface area contributed by atoms with Crippen LogP contribution >= 0.6 is 45.8 Å². The minimum absolute atomic E-state index is 0.0188. The number of aromatic carboxylic acids is 1. The number of anilines is 2. The molecule has 0 radical (unpaired) electrons. The summed E-state index contributed by atoms with van der Waals surface area (Å²) in [5.74, 6) is -2.65. The summed E-state index contributed by atoms with van der Waals surface area (Å²) in [5.41, 5.74) is 16.9. The number of carboxylic acid groups (broad SMARTS) is 1. The number of hydrogen-bond acceptors (Lipinski definition) is 15. The number of nitro benzene ring substituents is 2. The van der Waals surface area contributed by atoms with Crippen molar-refractivity contribution >= 4 is 146 Å². The lowest BCUT2D eigenvalue weighted by Gasteiger charge is -2.10. The molecule has 0 fully saturated rings. The van der Waals surface area contributed by atoms with Gasteiger partial charge in [0.15, 0.2) is 0 Å². The Morgan fingerprint density at radius 1 is 0.380 bits per heavy atom. The van der Waals surface area contributed by atoms with E-state index in [0.717, 1.165) is 150 Å². The van der Waals surface area contributed by atoms with E-state index in [1.54, 1.807) is 65.8 Å². The Hall–Kier alpha value is -15.0. The number of non-ortho nitro benzene ring substituents is 2. The molecule has 8 N–H and O–H groups in total. The third kappa shape index (κ3) is 33.3. The number of fused-ring (bicyclic) bond motifs is 4. The number of nitrogen functional groups attached to an aromatic ring is 2. The van der Waals surface area contributed by atoms with Crippen LogP contribution in [0, 0.1) is 41.6 Å². The molecular formula is C104H97Cl2F18IN14O11. The molecule has 0 saturated heterocycles. The van der Waals surface area contributed by atoms with Crippen LogP contribution in [-0.4, -0.2) is 82.3 Å². The molecule has 0 aliphatic rings. The second kappa shape index (κ2) is 53.3. The summed E-state index contributed by atoms with van der Waals surface area (Å²) in [6.07, 6.45) is -20.5. The van der Waals surface area contributed by atoms with E-state index in [1.165, 1.54) is 91.3 Å². The molecule has 7 aromatic heterocycles. The zero-order chi connectivity index (χ0) is 112. The molecule has 15 aromatic rings. The van der Waals surface area contributed by atoms with E-state index < -0.39 is 110 Å². The topological polar surface area (TPSA) is 355 Å². The summed E-state index contributed by atoms with van der Waals surface area (Å²) >= 11 is 12.4. The van der Waals surface area contributed by atoms with E-state index in [0.29, 0.717) is 45.6 Å². The van der Waals surface area contributed by atoms with Gasteiger partial charge in [0.05, 0.1) is 48.8 Å². The molecule has 796 valence electrons. The fraction of sp³-hybridized carbons (Fsp3) is 0.260. The van der Waals surface area contributed by atoms with Gasteiger partial charge in [0.2, 0.25) is 17.7 Å². The zero-order valence-electron chi connectivity index (χ0n) is 81.1. The number of halogens is 21. The molecule has 0 aliphatic carbocycles. The number of rotatable bonds is 24. The number of nitrogens with two attached hydrogens (primary N) is 2. The van der Waals surface area contributed by atoms with Crippen LogP contribution in [0.3, 0.4) is 0 Å². The molecule has 3 amide bonds. The minimum Gasteiger partial charge on any atom is -0.478 e. The van der Waals surface area contributed by atoms with Crippen molar-refractivity contribution in [2.75, 3.05) is 11.5 Å². The van der Waals surface area contributed by atoms with E-state index in [1.807, 2.05) is 116 Å². The molecule has 0 saturated carbocycles. The van der Waals surface area contributed by atoms with E-state index >= 15 is 0 Å². The van der Waals surface area contributed by atoms with Gasteiger partial charge in [-0.15, -0.1) is 0 Å². The highest BCUT2D eigenvalue weighted by Crippen LogP contribution is 2.40. The van der Waals surface area contributed by atoms with Crippen molar-refractivity contribution in [1.29, 1.82) is 0 Å². The molecule has 0 aliphatic heterocycles. The Labute approximate surface area is 868 Å². The van der Waals surface area contributed by atoms with Crippen LogP contribution in [0.1, 0.15) is 176 Å². The van der Waals surface area contributed by atoms with E-state index in [2.05, 4.69) is 44.6 Å². The average molecular weight is 2260 g/mol. The van der Waals surface area contributed by atoms with Crippen molar-refractivity contribution in [1.82, 2.24) is 49.2 Å². The average Bonchev–Trinajstić information content (AvgIpc) is 1.64. The Kier molecular flexibility index (Phi) is 42.7. The number of aromatic nitrogens is 7. The van der Waals surface area contributed by atoms with Crippen molar-refractivity contribution in [2.24, 2.45) is 17.8 Å². The Morgan fingerprint density at radius 2 is 0.653 bits per heavy atom. The maximum atomic E-state index is 12.7. The highest BCUT2D eigenvalue weighted by molar-refractivity contribution is 14.1. The van der Waals surface area contributed by atoms with Crippen molar-refractivity contribution < 1.29 is 123 Å². The molecule has 25 nitrogen and oxygen atoms in total. The predicted molar refractivity (Wildman–Crippen MR) is 543 cm³/mol. The van der Waals surface area contributed by atoms with Crippen LogP contribution < -0.4 is 27.4 Å².